The van der Waals surface area contributed by atoms with E-state index in [-0.39, 0.29) is 30.1 Å². The number of ether oxygens (including phenoxy) is 1. The Balaban J connectivity index is 1.67. The molecule has 7 nitrogen and oxygen atoms in total. The molecule has 2 aromatic carbocycles. The van der Waals surface area contributed by atoms with Crippen molar-refractivity contribution in [3.63, 3.8) is 0 Å². The normalized spacial score (nSPS) is 11.4. The number of aromatic nitrogens is 1. The van der Waals surface area contributed by atoms with E-state index in [9.17, 15) is 28.1 Å². The minimum absolute atomic E-state index is 0.0593. The van der Waals surface area contributed by atoms with Crippen molar-refractivity contribution in [1.29, 1.82) is 0 Å². The molecule has 28 heavy (non-hydrogen) atoms. The van der Waals surface area contributed by atoms with Crippen LogP contribution >= 0.6 is 0 Å². The molecule has 3 rings (SSSR count). The SMILES string of the molecule is O=C(Cn1ccc2cc([N+](=O)[O-])ccc21)NCc1ccccc1OC(F)(F)F. The van der Waals surface area contributed by atoms with Crippen LogP contribution in [0, 0.1) is 10.1 Å². The van der Waals surface area contributed by atoms with Gasteiger partial charge in [-0.05, 0) is 18.2 Å². The van der Waals surface area contributed by atoms with Gasteiger partial charge in [0.05, 0.1) is 4.92 Å². The van der Waals surface area contributed by atoms with Crippen molar-refractivity contribution in [1.82, 2.24) is 9.88 Å². The first-order valence-corrected chi connectivity index (χ1v) is 8.06. The molecule has 0 atom stereocenters. The predicted octanol–water partition coefficient (Wildman–Crippen LogP) is 3.76. The highest BCUT2D eigenvalue weighted by Crippen LogP contribution is 2.26. The van der Waals surface area contributed by atoms with E-state index >= 15 is 0 Å². The fraction of sp³-hybridized carbons (Fsp3) is 0.167. The number of halogens is 3. The summed E-state index contributed by atoms with van der Waals surface area (Å²) in [6, 6.07) is 11.4. The van der Waals surface area contributed by atoms with Crippen molar-refractivity contribution in [2.45, 2.75) is 19.5 Å². The molecular formula is C18H14F3N3O4. The van der Waals surface area contributed by atoms with Gasteiger partial charge < -0.3 is 14.6 Å². The summed E-state index contributed by atoms with van der Waals surface area (Å²) in [7, 11) is 0. The van der Waals surface area contributed by atoms with E-state index in [4.69, 9.17) is 0 Å². The molecule has 0 aliphatic carbocycles. The van der Waals surface area contributed by atoms with Gasteiger partial charge in [0, 0.05) is 41.3 Å². The summed E-state index contributed by atoms with van der Waals surface area (Å²) in [6.45, 7) is -0.237. The number of alkyl halides is 3. The molecule has 10 heteroatoms. The van der Waals surface area contributed by atoms with Gasteiger partial charge in [-0.3, -0.25) is 14.9 Å². The quantitative estimate of drug-likeness (QED) is 0.510. The highest BCUT2D eigenvalue weighted by molar-refractivity contribution is 5.85. The van der Waals surface area contributed by atoms with Crippen LogP contribution in [-0.4, -0.2) is 21.8 Å². The number of hydrogen-bond donors (Lipinski definition) is 1. The number of nitrogens with one attached hydrogen (secondary N) is 1. The average Bonchev–Trinajstić information content (AvgIpc) is 3.01. The average molecular weight is 393 g/mol. The Bertz CT molecular complexity index is 1030. The second-order valence-electron chi connectivity index (χ2n) is 5.88. The molecule has 0 aliphatic heterocycles. The van der Waals surface area contributed by atoms with Gasteiger partial charge >= 0.3 is 6.36 Å². The summed E-state index contributed by atoms with van der Waals surface area (Å²) in [5.41, 5.74) is 0.749. The van der Waals surface area contributed by atoms with Gasteiger partial charge in [0.2, 0.25) is 5.91 Å². The summed E-state index contributed by atoms with van der Waals surface area (Å²) in [6.07, 6.45) is -3.22. The minimum atomic E-state index is -4.83. The summed E-state index contributed by atoms with van der Waals surface area (Å²) >= 11 is 0. The third kappa shape index (κ3) is 4.58. The molecule has 0 fully saturated rings. The molecule has 1 amide bonds. The van der Waals surface area contributed by atoms with E-state index in [1.807, 2.05) is 0 Å². The topological polar surface area (TPSA) is 86.4 Å². The Labute approximate surface area is 156 Å². The van der Waals surface area contributed by atoms with E-state index in [0.29, 0.717) is 10.9 Å². The summed E-state index contributed by atoms with van der Waals surface area (Å²) < 4.78 is 42.9. The Morgan fingerprint density at radius 3 is 2.64 bits per heavy atom. The molecule has 3 aromatic rings. The molecule has 0 aliphatic rings. The van der Waals surface area contributed by atoms with E-state index < -0.39 is 17.2 Å². The third-order valence-electron chi connectivity index (χ3n) is 3.95. The minimum Gasteiger partial charge on any atom is -0.405 e. The van der Waals surface area contributed by atoms with Crippen LogP contribution in [0.2, 0.25) is 0 Å². The zero-order valence-corrected chi connectivity index (χ0v) is 14.3. The second-order valence-corrected chi connectivity index (χ2v) is 5.88. The van der Waals surface area contributed by atoms with Crippen molar-refractivity contribution in [2.75, 3.05) is 0 Å². The maximum Gasteiger partial charge on any atom is 0.573 e. The molecule has 0 spiro atoms. The number of amides is 1. The Hall–Kier alpha value is -3.56. The first-order chi connectivity index (χ1) is 13.2. The van der Waals surface area contributed by atoms with E-state index in [1.165, 1.54) is 42.5 Å². The largest absolute Gasteiger partial charge is 0.573 e. The lowest BCUT2D eigenvalue weighted by Gasteiger charge is -2.14. The van der Waals surface area contributed by atoms with Crippen LogP contribution in [0.4, 0.5) is 18.9 Å². The molecule has 0 unspecified atom stereocenters. The van der Waals surface area contributed by atoms with E-state index in [0.717, 1.165) is 0 Å². The lowest BCUT2D eigenvalue weighted by Crippen LogP contribution is -2.27. The van der Waals surface area contributed by atoms with Gasteiger partial charge in [0.1, 0.15) is 12.3 Å². The molecular weight excluding hydrogens is 379 g/mol. The second kappa shape index (κ2) is 7.59. The van der Waals surface area contributed by atoms with Crippen LogP contribution in [0.5, 0.6) is 5.75 Å². The molecule has 1 N–H and O–H groups in total. The molecule has 0 bridgehead atoms. The van der Waals surface area contributed by atoms with Gasteiger partial charge in [0.15, 0.2) is 0 Å². The van der Waals surface area contributed by atoms with Crippen molar-refractivity contribution in [2.24, 2.45) is 0 Å². The van der Waals surface area contributed by atoms with Crippen LogP contribution in [0.1, 0.15) is 5.56 Å². The van der Waals surface area contributed by atoms with Crippen LogP contribution in [0.25, 0.3) is 10.9 Å². The number of nitro groups is 1. The molecule has 1 heterocycles. The van der Waals surface area contributed by atoms with E-state index in [2.05, 4.69) is 10.1 Å². The van der Waals surface area contributed by atoms with Crippen molar-refractivity contribution >= 4 is 22.5 Å². The van der Waals surface area contributed by atoms with Gasteiger partial charge in [-0.1, -0.05) is 18.2 Å². The zero-order valence-electron chi connectivity index (χ0n) is 14.3. The number of carbonyl (C=O) groups is 1. The van der Waals surface area contributed by atoms with Crippen molar-refractivity contribution in [3.8, 4) is 5.75 Å². The van der Waals surface area contributed by atoms with E-state index in [1.54, 1.807) is 16.8 Å². The predicted molar refractivity (Wildman–Crippen MR) is 93.6 cm³/mol. The van der Waals surface area contributed by atoms with Gasteiger partial charge in [-0.2, -0.15) is 0 Å². The maximum atomic E-state index is 12.4. The number of fused-ring (bicyclic) bond motifs is 1. The monoisotopic (exact) mass is 393 g/mol. The summed E-state index contributed by atoms with van der Waals surface area (Å²) in [5, 5.41) is 14.0. The van der Waals surface area contributed by atoms with Crippen LogP contribution < -0.4 is 10.1 Å². The summed E-state index contributed by atoms with van der Waals surface area (Å²) in [4.78, 5) is 22.5. The lowest BCUT2D eigenvalue weighted by atomic mass is 10.2. The van der Waals surface area contributed by atoms with Crippen LogP contribution in [-0.2, 0) is 17.9 Å². The first kappa shape index (κ1) is 19.2. The Morgan fingerprint density at radius 1 is 1.18 bits per heavy atom. The zero-order chi connectivity index (χ0) is 20.3. The van der Waals surface area contributed by atoms with Crippen LogP contribution in [0.3, 0.4) is 0 Å². The number of para-hydroxylation sites is 1. The lowest BCUT2D eigenvalue weighted by molar-refractivity contribution is -0.384. The fourth-order valence-electron chi connectivity index (χ4n) is 2.72. The number of hydrogen-bond acceptors (Lipinski definition) is 4. The summed E-state index contributed by atoms with van der Waals surface area (Å²) in [5.74, 6) is -0.813. The number of benzene rings is 2. The van der Waals surface area contributed by atoms with Gasteiger partial charge in [0.25, 0.3) is 5.69 Å². The number of nitrogens with zero attached hydrogens (tertiary/aromatic N) is 2. The first-order valence-electron chi connectivity index (χ1n) is 8.06. The molecule has 0 saturated carbocycles. The molecule has 0 saturated heterocycles. The fourth-order valence-corrected chi connectivity index (χ4v) is 2.72. The standard InChI is InChI=1S/C18H14F3N3O4/c19-18(20,21)28-16-4-2-1-3-13(16)10-22-17(25)11-23-8-7-12-9-14(24(26)27)5-6-15(12)23/h1-9H,10-11H2,(H,22,25). The number of nitro benzene ring substituents is 1. The smallest absolute Gasteiger partial charge is 0.405 e. The Kier molecular flexibility index (Phi) is 5.21. The third-order valence-corrected chi connectivity index (χ3v) is 3.95. The Morgan fingerprint density at radius 2 is 1.93 bits per heavy atom. The highest BCUT2D eigenvalue weighted by Gasteiger charge is 2.32. The number of non-ortho nitro benzene ring substituents is 1. The molecule has 0 radical (unpaired) electrons. The number of rotatable bonds is 6. The maximum absolute atomic E-state index is 12.4. The van der Waals surface area contributed by atoms with Gasteiger partial charge in [-0.15, -0.1) is 13.2 Å². The van der Waals surface area contributed by atoms with Gasteiger partial charge in [-0.25, -0.2) is 0 Å². The van der Waals surface area contributed by atoms with Crippen molar-refractivity contribution in [3.05, 3.63) is 70.4 Å². The highest BCUT2D eigenvalue weighted by atomic mass is 19.4. The number of carbonyl (C=O) groups excluding carboxylic acids is 1. The van der Waals surface area contributed by atoms with Crippen molar-refractivity contribution < 1.29 is 27.6 Å². The van der Waals surface area contributed by atoms with Crippen LogP contribution in [0.15, 0.2) is 54.7 Å². The molecule has 1 aromatic heterocycles. The molecule has 146 valence electrons.